The lowest BCUT2D eigenvalue weighted by Crippen LogP contribution is -2.38. The third kappa shape index (κ3) is 4.90. The quantitative estimate of drug-likeness (QED) is 0.727. The first-order valence-electron chi connectivity index (χ1n) is 8.61. The van der Waals surface area contributed by atoms with Crippen molar-refractivity contribution in [1.29, 1.82) is 0 Å². The number of anilines is 2. The molecule has 1 aromatic heterocycles. The van der Waals surface area contributed by atoms with Gasteiger partial charge in [-0.1, -0.05) is 29.4 Å². The van der Waals surface area contributed by atoms with Crippen LogP contribution in [0, 0.1) is 0 Å². The first-order valence-corrected chi connectivity index (χ1v) is 9.98. The maximum absolute atomic E-state index is 12.1. The molecule has 0 spiro atoms. The molecule has 1 amide bonds. The second kappa shape index (κ2) is 9.25. The number of benzene rings is 1. The number of rotatable bonds is 7. The van der Waals surface area contributed by atoms with Crippen LogP contribution < -0.4 is 10.2 Å². The van der Waals surface area contributed by atoms with Gasteiger partial charge in [0.15, 0.2) is 5.16 Å². The number of carbonyl (C=O) groups is 1. The van der Waals surface area contributed by atoms with Crippen molar-refractivity contribution >= 4 is 40.9 Å². The van der Waals surface area contributed by atoms with E-state index in [2.05, 4.69) is 31.9 Å². The summed E-state index contributed by atoms with van der Waals surface area (Å²) in [7, 11) is 0. The molecule has 3 rings (SSSR count). The summed E-state index contributed by atoms with van der Waals surface area (Å²) in [6, 6.07) is 7.13. The third-order valence-corrected chi connectivity index (χ3v) is 5.18. The fourth-order valence-corrected chi connectivity index (χ4v) is 3.81. The number of carbonyl (C=O) groups excluding carboxylic acids is 1. The average molecular weight is 396 g/mol. The lowest BCUT2D eigenvalue weighted by atomic mass is 10.3. The van der Waals surface area contributed by atoms with Crippen LogP contribution in [-0.2, 0) is 16.1 Å². The molecule has 1 aliphatic rings. The maximum atomic E-state index is 12.1. The van der Waals surface area contributed by atoms with Gasteiger partial charge in [0.25, 0.3) is 0 Å². The Morgan fingerprint density at radius 1 is 1.35 bits per heavy atom. The molecule has 0 bridgehead atoms. The van der Waals surface area contributed by atoms with E-state index >= 15 is 0 Å². The van der Waals surface area contributed by atoms with Crippen LogP contribution in [0.3, 0.4) is 0 Å². The second-order valence-electron chi connectivity index (χ2n) is 5.78. The number of hydrogen-bond acceptors (Lipinski definition) is 6. The summed E-state index contributed by atoms with van der Waals surface area (Å²) in [4.78, 5) is 14.3. The molecule has 1 fully saturated rings. The average Bonchev–Trinajstić information content (AvgIpc) is 3.05. The normalized spacial score (nSPS) is 14.5. The molecule has 9 heteroatoms. The number of halogens is 1. The SMILES string of the molecule is CCn1c(SCCC(=O)Nc2cccc(Cl)c2)nnc1N1CCOCC1. The van der Waals surface area contributed by atoms with Gasteiger partial charge in [-0.3, -0.25) is 9.36 Å². The van der Waals surface area contributed by atoms with E-state index in [-0.39, 0.29) is 5.91 Å². The molecule has 1 aromatic carbocycles. The largest absolute Gasteiger partial charge is 0.378 e. The highest BCUT2D eigenvalue weighted by molar-refractivity contribution is 7.99. The minimum atomic E-state index is -0.0456. The Morgan fingerprint density at radius 2 is 2.15 bits per heavy atom. The lowest BCUT2D eigenvalue weighted by Gasteiger charge is -2.27. The summed E-state index contributed by atoms with van der Waals surface area (Å²) in [5, 5.41) is 12.9. The summed E-state index contributed by atoms with van der Waals surface area (Å²) in [5.74, 6) is 1.46. The summed E-state index contributed by atoms with van der Waals surface area (Å²) >= 11 is 7.47. The molecule has 1 aliphatic heterocycles. The van der Waals surface area contributed by atoms with Crippen LogP contribution in [0.5, 0.6) is 0 Å². The van der Waals surface area contributed by atoms with Crippen molar-refractivity contribution in [2.24, 2.45) is 0 Å². The van der Waals surface area contributed by atoms with Gasteiger partial charge in [0.05, 0.1) is 13.2 Å². The fraction of sp³-hybridized carbons (Fsp3) is 0.471. The molecule has 0 unspecified atom stereocenters. The summed E-state index contributed by atoms with van der Waals surface area (Å²) in [6.45, 7) is 5.93. The van der Waals surface area contributed by atoms with Crippen molar-refractivity contribution < 1.29 is 9.53 Å². The third-order valence-electron chi connectivity index (χ3n) is 3.98. The van der Waals surface area contributed by atoms with Gasteiger partial charge in [-0.15, -0.1) is 10.2 Å². The molecule has 0 aliphatic carbocycles. The predicted molar refractivity (Wildman–Crippen MR) is 104 cm³/mol. The number of nitrogens with zero attached hydrogens (tertiary/aromatic N) is 4. The van der Waals surface area contributed by atoms with Gasteiger partial charge in [-0.2, -0.15) is 0 Å². The molecular formula is C17H22ClN5O2S. The van der Waals surface area contributed by atoms with E-state index in [1.54, 1.807) is 23.9 Å². The number of thioether (sulfide) groups is 1. The highest BCUT2D eigenvalue weighted by Crippen LogP contribution is 2.23. The minimum absolute atomic E-state index is 0.0456. The molecule has 2 heterocycles. The van der Waals surface area contributed by atoms with E-state index < -0.39 is 0 Å². The Kier molecular flexibility index (Phi) is 6.76. The van der Waals surface area contributed by atoms with Crippen LogP contribution in [0.4, 0.5) is 11.6 Å². The van der Waals surface area contributed by atoms with Gasteiger partial charge in [0, 0.05) is 42.5 Å². The van der Waals surface area contributed by atoms with Crippen molar-refractivity contribution in [2.45, 2.75) is 25.0 Å². The topological polar surface area (TPSA) is 72.3 Å². The number of aromatic nitrogens is 3. The molecule has 140 valence electrons. The van der Waals surface area contributed by atoms with E-state index in [1.165, 1.54) is 0 Å². The van der Waals surface area contributed by atoms with Gasteiger partial charge >= 0.3 is 0 Å². The van der Waals surface area contributed by atoms with Crippen LogP contribution in [-0.4, -0.2) is 52.7 Å². The molecule has 0 atom stereocenters. The molecule has 1 N–H and O–H groups in total. The zero-order chi connectivity index (χ0) is 18.4. The lowest BCUT2D eigenvalue weighted by molar-refractivity contribution is -0.115. The van der Waals surface area contributed by atoms with Crippen LogP contribution in [0.2, 0.25) is 5.02 Å². The molecule has 0 saturated carbocycles. The molecule has 1 saturated heterocycles. The highest BCUT2D eigenvalue weighted by atomic mass is 35.5. The number of hydrogen-bond donors (Lipinski definition) is 1. The Labute approximate surface area is 162 Å². The Balaban J connectivity index is 1.53. The molecule has 2 aromatic rings. The van der Waals surface area contributed by atoms with Crippen LogP contribution in [0.25, 0.3) is 0 Å². The minimum Gasteiger partial charge on any atom is -0.378 e. The van der Waals surface area contributed by atoms with E-state index in [0.717, 1.165) is 30.7 Å². The van der Waals surface area contributed by atoms with Crippen LogP contribution in [0.1, 0.15) is 13.3 Å². The molecule has 7 nitrogen and oxygen atoms in total. The summed E-state index contributed by atoms with van der Waals surface area (Å²) < 4.78 is 7.48. The number of amides is 1. The number of ether oxygens (including phenoxy) is 1. The standard InChI is InChI=1S/C17H22ClN5O2S/c1-2-23-16(22-7-9-25-10-8-22)20-21-17(23)26-11-6-15(24)19-14-5-3-4-13(18)12-14/h3-5,12H,2,6-11H2,1H3,(H,19,24). The maximum Gasteiger partial charge on any atom is 0.228 e. The smallest absolute Gasteiger partial charge is 0.228 e. The van der Waals surface area contributed by atoms with Crippen molar-refractivity contribution in [2.75, 3.05) is 42.3 Å². The van der Waals surface area contributed by atoms with Crippen molar-refractivity contribution in [3.63, 3.8) is 0 Å². The summed E-state index contributed by atoms with van der Waals surface area (Å²) in [6.07, 6.45) is 0.390. The first-order chi connectivity index (χ1) is 12.7. The number of morpholine rings is 1. The first kappa shape index (κ1) is 19.0. The zero-order valence-corrected chi connectivity index (χ0v) is 16.2. The van der Waals surface area contributed by atoms with Crippen molar-refractivity contribution in [3.8, 4) is 0 Å². The van der Waals surface area contributed by atoms with E-state index in [0.29, 0.717) is 36.1 Å². The Bertz CT molecular complexity index is 749. The van der Waals surface area contributed by atoms with Crippen molar-refractivity contribution in [3.05, 3.63) is 29.3 Å². The summed E-state index contributed by atoms with van der Waals surface area (Å²) in [5.41, 5.74) is 0.707. The van der Waals surface area contributed by atoms with Gasteiger partial charge < -0.3 is 15.0 Å². The van der Waals surface area contributed by atoms with Crippen LogP contribution >= 0.6 is 23.4 Å². The van der Waals surface area contributed by atoms with Gasteiger partial charge in [-0.25, -0.2) is 0 Å². The zero-order valence-electron chi connectivity index (χ0n) is 14.7. The fourth-order valence-electron chi connectivity index (χ4n) is 2.69. The second-order valence-corrected chi connectivity index (χ2v) is 7.28. The Morgan fingerprint density at radius 3 is 2.88 bits per heavy atom. The molecule has 0 radical (unpaired) electrons. The monoisotopic (exact) mass is 395 g/mol. The van der Waals surface area contributed by atoms with Gasteiger partial charge in [0.2, 0.25) is 11.9 Å². The van der Waals surface area contributed by atoms with E-state index in [4.69, 9.17) is 16.3 Å². The van der Waals surface area contributed by atoms with Crippen molar-refractivity contribution in [1.82, 2.24) is 14.8 Å². The Hall–Kier alpha value is -1.77. The van der Waals surface area contributed by atoms with Gasteiger partial charge in [0.1, 0.15) is 0 Å². The number of nitrogens with one attached hydrogen (secondary N) is 1. The molecular weight excluding hydrogens is 374 g/mol. The van der Waals surface area contributed by atoms with Gasteiger partial charge in [-0.05, 0) is 25.1 Å². The van der Waals surface area contributed by atoms with E-state index in [1.807, 2.05) is 12.1 Å². The molecule has 26 heavy (non-hydrogen) atoms. The highest BCUT2D eigenvalue weighted by Gasteiger charge is 2.19. The predicted octanol–water partition coefficient (Wildman–Crippen LogP) is 2.91. The van der Waals surface area contributed by atoms with E-state index in [9.17, 15) is 4.79 Å². The van der Waals surface area contributed by atoms with Crippen LogP contribution in [0.15, 0.2) is 29.4 Å².